The highest BCUT2D eigenvalue weighted by Crippen LogP contribution is 2.24. The zero-order valence-electron chi connectivity index (χ0n) is 8.10. The lowest BCUT2D eigenvalue weighted by atomic mass is 10.1. The third-order valence-electron chi connectivity index (χ3n) is 2.53. The van der Waals surface area contributed by atoms with Crippen molar-refractivity contribution in [3.8, 4) is 6.07 Å². The zero-order chi connectivity index (χ0) is 10.8. The van der Waals surface area contributed by atoms with Crippen molar-refractivity contribution in [2.75, 3.05) is 6.54 Å². The molecule has 1 aliphatic heterocycles. The first kappa shape index (κ1) is 9.69. The number of rotatable bonds is 2. The number of fused-ring (bicyclic) bond motifs is 1. The van der Waals surface area contributed by atoms with Crippen molar-refractivity contribution in [3.05, 3.63) is 34.9 Å². The van der Waals surface area contributed by atoms with Gasteiger partial charge in [0.2, 0.25) is 0 Å². The van der Waals surface area contributed by atoms with Gasteiger partial charge in [-0.1, -0.05) is 12.1 Å². The number of carboxylic acids is 1. The van der Waals surface area contributed by atoms with E-state index in [-0.39, 0.29) is 6.54 Å². The molecule has 0 radical (unpaired) electrons. The molecule has 4 nitrogen and oxygen atoms in total. The van der Waals surface area contributed by atoms with Crippen molar-refractivity contribution in [2.45, 2.75) is 13.1 Å². The summed E-state index contributed by atoms with van der Waals surface area (Å²) in [5, 5.41) is 17.6. The van der Waals surface area contributed by atoms with Crippen molar-refractivity contribution in [1.82, 2.24) is 4.90 Å². The van der Waals surface area contributed by atoms with Crippen LogP contribution in [0.15, 0.2) is 18.2 Å². The van der Waals surface area contributed by atoms with Gasteiger partial charge < -0.3 is 5.11 Å². The predicted octanol–water partition coefficient (Wildman–Crippen LogP) is 0.958. The van der Waals surface area contributed by atoms with Crippen LogP contribution in [-0.4, -0.2) is 22.5 Å². The second-order valence-electron chi connectivity index (χ2n) is 3.59. The van der Waals surface area contributed by atoms with Crippen molar-refractivity contribution < 1.29 is 9.90 Å². The summed E-state index contributed by atoms with van der Waals surface area (Å²) in [5.41, 5.74) is 2.69. The maximum absolute atomic E-state index is 10.6. The Labute approximate surface area is 87.4 Å². The highest BCUT2D eigenvalue weighted by Gasteiger charge is 2.22. The Balaban J connectivity index is 2.24. The fourth-order valence-corrected chi connectivity index (χ4v) is 1.90. The first-order valence-corrected chi connectivity index (χ1v) is 4.65. The third kappa shape index (κ3) is 1.83. The molecule has 15 heavy (non-hydrogen) atoms. The van der Waals surface area contributed by atoms with E-state index in [9.17, 15) is 4.79 Å². The second kappa shape index (κ2) is 3.71. The summed E-state index contributed by atoms with van der Waals surface area (Å²) in [5.74, 6) is -0.832. The SMILES string of the molecule is N#Cc1cccc2c1CN(CC(=O)O)C2. The molecule has 1 aromatic carbocycles. The van der Waals surface area contributed by atoms with E-state index in [1.807, 2.05) is 17.0 Å². The Kier molecular flexibility index (Phi) is 2.40. The summed E-state index contributed by atoms with van der Waals surface area (Å²) in [6.07, 6.45) is 0. The minimum atomic E-state index is -0.832. The van der Waals surface area contributed by atoms with E-state index in [0.717, 1.165) is 11.1 Å². The standard InChI is InChI=1S/C11H10N2O2/c12-4-8-2-1-3-9-5-13(6-10(8)9)7-11(14)15/h1-3H,5-7H2,(H,14,15). The lowest BCUT2D eigenvalue weighted by Gasteiger charge is -2.10. The molecule has 0 aliphatic carbocycles. The predicted molar refractivity (Wildman–Crippen MR) is 52.9 cm³/mol. The molecule has 4 heteroatoms. The van der Waals surface area contributed by atoms with Crippen LogP contribution in [0.5, 0.6) is 0 Å². The Morgan fingerprint density at radius 1 is 1.53 bits per heavy atom. The lowest BCUT2D eigenvalue weighted by molar-refractivity contribution is -0.138. The van der Waals surface area contributed by atoms with Gasteiger partial charge in [0.05, 0.1) is 18.2 Å². The third-order valence-corrected chi connectivity index (χ3v) is 2.53. The number of aliphatic carboxylic acids is 1. The minimum Gasteiger partial charge on any atom is -0.480 e. The molecule has 0 fully saturated rings. The molecule has 0 spiro atoms. The number of benzene rings is 1. The average Bonchev–Trinajstić information content (AvgIpc) is 2.58. The molecule has 1 heterocycles. The summed E-state index contributed by atoms with van der Waals surface area (Å²) < 4.78 is 0. The smallest absolute Gasteiger partial charge is 0.317 e. The molecular formula is C11H10N2O2. The van der Waals surface area contributed by atoms with Crippen LogP contribution in [0.4, 0.5) is 0 Å². The van der Waals surface area contributed by atoms with Crippen LogP contribution in [0.25, 0.3) is 0 Å². The molecule has 1 N–H and O–H groups in total. The zero-order valence-corrected chi connectivity index (χ0v) is 8.10. The Morgan fingerprint density at radius 2 is 2.33 bits per heavy atom. The van der Waals surface area contributed by atoms with Crippen LogP contribution in [0, 0.1) is 11.3 Å². The van der Waals surface area contributed by atoms with Gasteiger partial charge in [-0.15, -0.1) is 0 Å². The summed E-state index contributed by atoms with van der Waals surface area (Å²) in [7, 11) is 0. The van der Waals surface area contributed by atoms with Gasteiger partial charge in [-0.25, -0.2) is 0 Å². The summed E-state index contributed by atoms with van der Waals surface area (Å²) in [6, 6.07) is 7.67. The molecule has 0 aromatic heterocycles. The highest BCUT2D eigenvalue weighted by atomic mass is 16.4. The van der Waals surface area contributed by atoms with E-state index in [1.54, 1.807) is 6.07 Å². The molecule has 0 unspecified atom stereocenters. The van der Waals surface area contributed by atoms with E-state index in [4.69, 9.17) is 10.4 Å². The van der Waals surface area contributed by atoms with Crippen molar-refractivity contribution in [1.29, 1.82) is 5.26 Å². The van der Waals surface area contributed by atoms with Crippen LogP contribution >= 0.6 is 0 Å². The van der Waals surface area contributed by atoms with Gasteiger partial charge in [0, 0.05) is 13.1 Å². The fraction of sp³-hybridized carbons (Fsp3) is 0.273. The van der Waals surface area contributed by atoms with Gasteiger partial charge in [0.15, 0.2) is 0 Å². The van der Waals surface area contributed by atoms with Crippen molar-refractivity contribution in [3.63, 3.8) is 0 Å². The fourth-order valence-electron chi connectivity index (χ4n) is 1.90. The first-order valence-electron chi connectivity index (χ1n) is 4.65. The topological polar surface area (TPSA) is 64.3 Å². The first-order chi connectivity index (χ1) is 7.20. The second-order valence-corrected chi connectivity index (χ2v) is 3.59. The quantitative estimate of drug-likeness (QED) is 0.775. The molecule has 2 rings (SSSR count). The Hall–Kier alpha value is -1.86. The number of carbonyl (C=O) groups is 1. The molecule has 0 amide bonds. The molecule has 1 aromatic rings. The maximum Gasteiger partial charge on any atom is 0.317 e. The van der Waals surface area contributed by atoms with Crippen LogP contribution in [-0.2, 0) is 17.9 Å². The normalized spacial score (nSPS) is 14.6. The summed E-state index contributed by atoms with van der Waals surface area (Å²) in [4.78, 5) is 12.4. The van der Waals surface area contributed by atoms with Gasteiger partial charge >= 0.3 is 5.97 Å². The van der Waals surface area contributed by atoms with Gasteiger partial charge in [0.25, 0.3) is 0 Å². The minimum absolute atomic E-state index is 0.0273. The number of nitrogens with zero attached hydrogens (tertiary/aromatic N) is 2. The van der Waals surface area contributed by atoms with Gasteiger partial charge in [-0.2, -0.15) is 5.26 Å². The molecule has 0 saturated carbocycles. The lowest BCUT2D eigenvalue weighted by Crippen LogP contribution is -2.24. The van der Waals surface area contributed by atoms with Gasteiger partial charge in [0.1, 0.15) is 0 Å². The molecular weight excluding hydrogens is 192 g/mol. The highest BCUT2D eigenvalue weighted by molar-refractivity contribution is 5.69. The van der Waals surface area contributed by atoms with Crippen LogP contribution in [0.3, 0.4) is 0 Å². The van der Waals surface area contributed by atoms with Gasteiger partial charge in [-0.05, 0) is 17.2 Å². The average molecular weight is 202 g/mol. The van der Waals surface area contributed by atoms with Gasteiger partial charge in [-0.3, -0.25) is 9.69 Å². The van der Waals surface area contributed by atoms with Crippen LogP contribution in [0.1, 0.15) is 16.7 Å². The van der Waals surface area contributed by atoms with E-state index in [0.29, 0.717) is 18.7 Å². The number of nitriles is 1. The van der Waals surface area contributed by atoms with E-state index in [2.05, 4.69) is 6.07 Å². The summed E-state index contributed by atoms with van der Waals surface area (Å²) >= 11 is 0. The van der Waals surface area contributed by atoms with E-state index < -0.39 is 5.97 Å². The molecule has 1 aliphatic rings. The van der Waals surface area contributed by atoms with E-state index in [1.165, 1.54) is 0 Å². The van der Waals surface area contributed by atoms with E-state index >= 15 is 0 Å². The largest absolute Gasteiger partial charge is 0.480 e. The number of hydrogen-bond donors (Lipinski definition) is 1. The molecule has 0 atom stereocenters. The molecule has 0 saturated heterocycles. The molecule has 0 bridgehead atoms. The van der Waals surface area contributed by atoms with Crippen LogP contribution in [0.2, 0.25) is 0 Å². The van der Waals surface area contributed by atoms with Crippen LogP contribution < -0.4 is 0 Å². The van der Waals surface area contributed by atoms with Crippen molar-refractivity contribution in [2.24, 2.45) is 0 Å². The van der Waals surface area contributed by atoms with Crippen molar-refractivity contribution >= 4 is 5.97 Å². The molecule has 76 valence electrons. The Morgan fingerprint density at radius 3 is 3.00 bits per heavy atom. The number of carboxylic acid groups (broad SMARTS) is 1. The number of hydrogen-bond acceptors (Lipinski definition) is 3. The Bertz CT molecular complexity index is 448. The summed E-state index contributed by atoms with van der Waals surface area (Å²) in [6.45, 7) is 1.21. The monoisotopic (exact) mass is 202 g/mol. The maximum atomic E-state index is 10.6.